The number of rotatable bonds is 5. The summed E-state index contributed by atoms with van der Waals surface area (Å²) in [6.07, 6.45) is 1.20. The van der Waals surface area contributed by atoms with Crippen LogP contribution in [0, 0.1) is 5.92 Å². The highest BCUT2D eigenvalue weighted by Crippen LogP contribution is 1.97. The van der Waals surface area contributed by atoms with Gasteiger partial charge >= 0.3 is 0 Å². The molecule has 0 aromatic carbocycles. The molecule has 1 unspecified atom stereocenters. The third-order valence-electron chi connectivity index (χ3n) is 1.79. The van der Waals surface area contributed by atoms with E-state index in [9.17, 15) is 0 Å². The summed E-state index contributed by atoms with van der Waals surface area (Å²) in [7, 11) is 0. The lowest BCUT2D eigenvalue weighted by atomic mass is 10.1. The summed E-state index contributed by atoms with van der Waals surface area (Å²) < 4.78 is 0. The summed E-state index contributed by atoms with van der Waals surface area (Å²) in [5, 5.41) is 11.9. The van der Waals surface area contributed by atoms with E-state index in [1.54, 1.807) is 0 Å². The van der Waals surface area contributed by atoms with Crippen molar-refractivity contribution in [1.82, 2.24) is 5.32 Å². The first-order valence-corrected chi connectivity index (χ1v) is 4.05. The van der Waals surface area contributed by atoms with Crippen LogP contribution in [-0.4, -0.2) is 24.3 Å². The van der Waals surface area contributed by atoms with Gasteiger partial charge in [0.25, 0.3) is 0 Å². The minimum absolute atomic E-state index is 0.233. The molecule has 2 atom stereocenters. The molecule has 0 saturated carbocycles. The van der Waals surface area contributed by atoms with Crippen molar-refractivity contribution in [2.45, 2.75) is 33.2 Å². The van der Waals surface area contributed by atoms with Crippen molar-refractivity contribution < 1.29 is 5.11 Å². The van der Waals surface area contributed by atoms with Crippen LogP contribution in [0.15, 0.2) is 0 Å². The molecule has 0 aromatic rings. The second-order valence-electron chi connectivity index (χ2n) is 3.01. The molecule has 2 N–H and O–H groups in total. The maximum atomic E-state index is 8.66. The van der Waals surface area contributed by atoms with E-state index in [1.165, 1.54) is 6.42 Å². The van der Waals surface area contributed by atoms with E-state index in [0.717, 1.165) is 6.54 Å². The molecule has 0 aliphatic carbocycles. The van der Waals surface area contributed by atoms with Gasteiger partial charge < -0.3 is 10.4 Å². The van der Waals surface area contributed by atoms with E-state index in [1.807, 2.05) is 6.92 Å². The molecule has 0 aromatic heterocycles. The molecule has 2 heteroatoms. The highest BCUT2D eigenvalue weighted by molar-refractivity contribution is 4.60. The van der Waals surface area contributed by atoms with Crippen molar-refractivity contribution in [3.05, 3.63) is 0 Å². The maximum absolute atomic E-state index is 8.66. The smallest absolute Gasteiger partial charge is 0.0581 e. The van der Waals surface area contributed by atoms with Crippen LogP contribution in [0.4, 0.5) is 0 Å². The predicted octanol–water partition coefficient (Wildman–Crippen LogP) is 1.00. The molecular weight excluding hydrogens is 126 g/mol. The lowest BCUT2D eigenvalue weighted by Crippen LogP contribution is -2.32. The first-order chi connectivity index (χ1) is 4.70. The summed E-state index contributed by atoms with van der Waals surface area (Å²) in [4.78, 5) is 0. The van der Waals surface area contributed by atoms with E-state index in [-0.39, 0.29) is 12.6 Å². The van der Waals surface area contributed by atoms with Gasteiger partial charge in [0.05, 0.1) is 6.61 Å². The minimum atomic E-state index is 0.233. The van der Waals surface area contributed by atoms with E-state index in [2.05, 4.69) is 19.2 Å². The average Bonchev–Trinajstić information content (AvgIpc) is 1.99. The van der Waals surface area contributed by atoms with E-state index >= 15 is 0 Å². The largest absolute Gasteiger partial charge is 0.395 e. The van der Waals surface area contributed by atoms with Gasteiger partial charge in [-0.1, -0.05) is 20.3 Å². The quantitative estimate of drug-likeness (QED) is 0.605. The van der Waals surface area contributed by atoms with E-state index in [4.69, 9.17) is 5.11 Å². The van der Waals surface area contributed by atoms with Crippen LogP contribution in [0.5, 0.6) is 0 Å². The molecule has 0 fully saturated rings. The van der Waals surface area contributed by atoms with Gasteiger partial charge in [0, 0.05) is 6.04 Å². The van der Waals surface area contributed by atoms with Gasteiger partial charge in [0.2, 0.25) is 0 Å². The second-order valence-corrected chi connectivity index (χ2v) is 3.01. The Balaban J connectivity index is 3.17. The Morgan fingerprint density at radius 1 is 1.40 bits per heavy atom. The number of aliphatic hydroxyl groups is 1. The van der Waals surface area contributed by atoms with Crippen molar-refractivity contribution in [2.75, 3.05) is 13.2 Å². The molecule has 10 heavy (non-hydrogen) atoms. The fraction of sp³-hybridized carbons (Fsp3) is 1.00. The van der Waals surface area contributed by atoms with Crippen molar-refractivity contribution in [1.29, 1.82) is 0 Å². The molecule has 0 radical (unpaired) electrons. The van der Waals surface area contributed by atoms with Crippen LogP contribution < -0.4 is 5.32 Å². The molecule has 0 rings (SSSR count). The fourth-order valence-electron chi connectivity index (χ4n) is 0.611. The lowest BCUT2D eigenvalue weighted by Gasteiger charge is -2.13. The van der Waals surface area contributed by atoms with Crippen molar-refractivity contribution in [3.63, 3.8) is 0 Å². The Morgan fingerprint density at radius 3 is 2.40 bits per heavy atom. The molecule has 0 aliphatic heterocycles. The Bertz CT molecular complexity index is 65.7. The van der Waals surface area contributed by atoms with Crippen LogP contribution in [0.3, 0.4) is 0 Å². The Hall–Kier alpha value is -0.0800. The normalized spacial score (nSPS) is 16.8. The zero-order valence-electron chi connectivity index (χ0n) is 7.22. The highest BCUT2D eigenvalue weighted by Gasteiger charge is 2.01. The van der Waals surface area contributed by atoms with E-state index < -0.39 is 0 Å². The van der Waals surface area contributed by atoms with Crippen LogP contribution in [0.1, 0.15) is 27.2 Å². The SMILES string of the molecule is CCC(C)CN[C@H](C)CO. The van der Waals surface area contributed by atoms with Gasteiger partial charge in [-0.2, -0.15) is 0 Å². The van der Waals surface area contributed by atoms with Gasteiger partial charge in [-0.25, -0.2) is 0 Å². The Labute approximate surface area is 63.6 Å². The molecule has 2 nitrogen and oxygen atoms in total. The van der Waals surface area contributed by atoms with Gasteiger partial charge in [-0.05, 0) is 19.4 Å². The monoisotopic (exact) mass is 145 g/mol. The zero-order chi connectivity index (χ0) is 7.98. The predicted molar refractivity (Wildman–Crippen MR) is 44.0 cm³/mol. The van der Waals surface area contributed by atoms with E-state index in [0.29, 0.717) is 5.92 Å². The Morgan fingerprint density at radius 2 is 2.00 bits per heavy atom. The summed E-state index contributed by atoms with van der Waals surface area (Å²) in [6.45, 7) is 7.62. The van der Waals surface area contributed by atoms with Crippen LogP contribution in [-0.2, 0) is 0 Å². The number of nitrogens with one attached hydrogen (secondary N) is 1. The fourth-order valence-corrected chi connectivity index (χ4v) is 0.611. The Kier molecular flexibility index (Phi) is 5.64. The van der Waals surface area contributed by atoms with Crippen molar-refractivity contribution >= 4 is 0 Å². The highest BCUT2D eigenvalue weighted by atomic mass is 16.3. The van der Waals surface area contributed by atoms with Gasteiger partial charge in [0.1, 0.15) is 0 Å². The molecular formula is C8H19NO. The molecule has 0 aliphatic rings. The average molecular weight is 145 g/mol. The third-order valence-corrected chi connectivity index (χ3v) is 1.79. The van der Waals surface area contributed by atoms with Crippen molar-refractivity contribution in [2.24, 2.45) is 5.92 Å². The first-order valence-electron chi connectivity index (χ1n) is 4.05. The molecule has 0 spiro atoms. The molecule has 0 bridgehead atoms. The summed E-state index contributed by atoms with van der Waals surface area (Å²) in [6, 6.07) is 0.244. The van der Waals surface area contributed by atoms with Crippen LogP contribution in [0.25, 0.3) is 0 Å². The van der Waals surface area contributed by atoms with Crippen LogP contribution in [0.2, 0.25) is 0 Å². The molecule has 0 heterocycles. The number of hydrogen-bond acceptors (Lipinski definition) is 2. The standard InChI is InChI=1S/C8H19NO/c1-4-7(2)5-9-8(3)6-10/h7-10H,4-6H2,1-3H3/t7?,8-/m1/s1. The minimum Gasteiger partial charge on any atom is -0.395 e. The second kappa shape index (κ2) is 5.69. The molecule has 0 amide bonds. The van der Waals surface area contributed by atoms with Gasteiger partial charge in [0.15, 0.2) is 0 Å². The van der Waals surface area contributed by atoms with Gasteiger partial charge in [-0.3, -0.25) is 0 Å². The zero-order valence-corrected chi connectivity index (χ0v) is 7.22. The molecule has 62 valence electrons. The molecule has 0 saturated heterocycles. The van der Waals surface area contributed by atoms with Gasteiger partial charge in [-0.15, -0.1) is 0 Å². The van der Waals surface area contributed by atoms with Crippen molar-refractivity contribution in [3.8, 4) is 0 Å². The first kappa shape index (κ1) is 9.92. The number of aliphatic hydroxyl groups excluding tert-OH is 1. The van der Waals surface area contributed by atoms with Crippen LogP contribution >= 0.6 is 0 Å². The summed E-state index contributed by atoms with van der Waals surface area (Å²) in [5.41, 5.74) is 0. The summed E-state index contributed by atoms with van der Waals surface area (Å²) >= 11 is 0. The maximum Gasteiger partial charge on any atom is 0.0581 e. The topological polar surface area (TPSA) is 32.3 Å². The third kappa shape index (κ3) is 4.77. The lowest BCUT2D eigenvalue weighted by molar-refractivity contribution is 0.247. The summed E-state index contributed by atoms with van der Waals surface area (Å²) in [5.74, 6) is 0.717. The number of hydrogen-bond donors (Lipinski definition) is 2.